The van der Waals surface area contributed by atoms with Gasteiger partial charge in [0, 0.05) is 0 Å². The molecule has 26 heavy (non-hydrogen) atoms. The molecule has 6 heteroatoms. The van der Waals surface area contributed by atoms with E-state index >= 15 is 0 Å². The third kappa shape index (κ3) is 3.41. The lowest BCUT2D eigenvalue weighted by Crippen LogP contribution is -2.53. The lowest BCUT2D eigenvalue weighted by molar-refractivity contribution is -0.379. The van der Waals surface area contributed by atoms with Gasteiger partial charge in [0.1, 0.15) is 46.2 Å². The molecule has 2 aliphatic rings. The van der Waals surface area contributed by atoms with Crippen molar-refractivity contribution in [2.24, 2.45) is 10.8 Å². The maximum atomic E-state index is 12.3. The molecule has 2 fully saturated rings. The molecule has 2 aliphatic carbocycles. The summed E-state index contributed by atoms with van der Waals surface area (Å²) in [6.45, 7) is 5.66. The number of hydrogen-bond acceptors (Lipinski definition) is 6. The van der Waals surface area contributed by atoms with Crippen LogP contribution in [0.2, 0.25) is 0 Å². The standard InChI is InChI=1S/C20H30O6/c1-13(21)19(14(2)22)11-7-5-9-17(19)25-26-18-10-6-8-12-20(18,15(3)23)16(4)24/h17-18H,5-12H2,1-4H3. The zero-order chi connectivity index (χ0) is 19.5. The highest BCUT2D eigenvalue weighted by Gasteiger charge is 2.53. The molecular weight excluding hydrogens is 336 g/mol. The van der Waals surface area contributed by atoms with E-state index in [9.17, 15) is 19.2 Å². The summed E-state index contributed by atoms with van der Waals surface area (Å²) in [6, 6.07) is 0. The van der Waals surface area contributed by atoms with Crippen molar-refractivity contribution >= 4 is 23.1 Å². The van der Waals surface area contributed by atoms with Crippen LogP contribution in [0, 0.1) is 10.8 Å². The highest BCUT2D eigenvalue weighted by Crippen LogP contribution is 2.44. The first-order chi connectivity index (χ1) is 12.2. The van der Waals surface area contributed by atoms with Gasteiger partial charge in [0.15, 0.2) is 0 Å². The van der Waals surface area contributed by atoms with Crippen LogP contribution in [-0.4, -0.2) is 35.3 Å². The smallest absolute Gasteiger partial charge is 0.146 e. The largest absolute Gasteiger partial charge is 0.299 e. The fourth-order valence-corrected chi connectivity index (χ4v) is 4.78. The lowest BCUT2D eigenvalue weighted by Gasteiger charge is -2.43. The van der Waals surface area contributed by atoms with E-state index in [1.54, 1.807) is 0 Å². The van der Waals surface area contributed by atoms with E-state index in [0.717, 1.165) is 25.7 Å². The molecule has 0 saturated heterocycles. The average Bonchev–Trinajstić information content (AvgIpc) is 2.59. The van der Waals surface area contributed by atoms with Gasteiger partial charge in [-0.25, -0.2) is 9.78 Å². The second kappa shape index (κ2) is 8.09. The van der Waals surface area contributed by atoms with Crippen LogP contribution in [0.1, 0.15) is 79.1 Å². The fourth-order valence-electron chi connectivity index (χ4n) is 4.78. The van der Waals surface area contributed by atoms with Gasteiger partial charge in [0.2, 0.25) is 0 Å². The van der Waals surface area contributed by atoms with E-state index in [4.69, 9.17) is 9.78 Å². The number of hydrogen-bond donors (Lipinski definition) is 0. The highest BCUT2D eigenvalue weighted by molar-refractivity contribution is 6.06. The minimum atomic E-state index is -1.19. The predicted molar refractivity (Wildman–Crippen MR) is 94.3 cm³/mol. The summed E-state index contributed by atoms with van der Waals surface area (Å²) in [7, 11) is 0. The summed E-state index contributed by atoms with van der Waals surface area (Å²) in [4.78, 5) is 60.6. The van der Waals surface area contributed by atoms with Crippen LogP contribution < -0.4 is 0 Å². The zero-order valence-electron chi connectivity index (χ0n) is 16.3. The number of Topliss-reactive ketones (excluding diaryl/α,β-unsaturated/α-hetero) is 4. The SMILES string of the molecule is CC(=O)C1(C(C)=O)CCCCC1OOC1CCCCC1(C(C)=O)C(C)=O. The zero-order valence-corrected chi connectivity index (χ0v) is 16.3. The van der Waals surface area contributed by atoms with Crippen molar-refractivity contribution in [3.05, 3.63) is 0 Å². The molecule has 0 aromatic heterocycles. The molecule has 6 nitrogen and oxygen atoms in total. The minimum absolute atomic E-state index is 0.216. The number of carbonyl (C=O) groups is 4. The van der Waals surface area contributed by atoms with Gasteiger partial charge in [-0.2, -0.15) is 0 Å². The normalized spacial score (nSPS) is 27.5. The Morgan fingerprint density at radius 3 is 1.19 bits per heavy atom. The quantitative estimate of drug-likeness (QED) is 0.391. The monoisotopic (exact) mass is 366 g/mol. The van der Waals surface area contributed by atoms with Gasteiger partial charge in [0.05, 0.1) is 0 Å². The Hall–Kier alpha value is -1.40. The number of carbonyl (C=O) groups excluding carboxylic acids is 4. The van der Waals surface area contributed by atoms with Crippen molar-refractivity contribution in [3.8, 4) is 0 Å². The van der Waals surface area contributed by atoms with Crippen LogP contribution in [0.15, 0.2) is 0 Å². The summed E-state index contributed by atoms with van der Waals surface area (Å²) in [5.74, 6) is -0.865. The van der Waals surface area contributed by atoms with E-state index < -0.39 is 23.0 Å². The molecule has 2 saturated carbocycles. The Bertz CT molecular complexity index is 513. The van der Waals surface area contributed by atoms with Gasteiger partial charge in [-0.15, -0.1) is 0 Å². The van der Waals surface area contributed by atoms with Crippen molar-refractivity contribution in [2.75, 3.05) is 0 Å². The van der Waals surface area contributed by atoms with Gasteiger partial charge in [-0.05, 0) is 53.4 Å². The molecule has 0 radical (unpaired) electrons. The molecule has 0 heterocycles. The van der Waals surface area contributed by atoms with E-state index in [-0.39, 0.29) is 23.1 Å². The molecular formula is C20H30O6. The van der Waals surface area contributed by atoms with Crippen LogP contribution in [-0.2, 0) is 29.0 Å². The average molecular weight is 366 g/mol. The molecule has 2 atom stereocenters. The van der Waals surface area contributed by atoms with E-state index in [2.05, 4.69) is 0 Å². The molecule has 0 aromatic carbocycles. The lowest BCUT2D eigenvalue weighted by atomic mass is 9.66. The second-order valence-corrected chi connectivity index (χ2v) is 7.83. The van der Waals surface area contributed by atoms with E-state index in [1.807, 2.05) is 0 Å². The summed E-state index contributed by atoms with van der Waals surface area (Å²) in [6.07, 6.45) is 3.87. The van der Waals surface area contributed by atoms with Gasteiger partial charge >= 0.3 is 0 Å². The van der Waals surface area contributed by atoms with Gasteiger partial charge in [-0.1, -0.05) is 25.7 Å². The Balaban J connectivity index is 2.24. The van der Waals surface area contributed by atoms with Crippen LogP contribution >= 0.6 is 0 Å². The topological polar surface area (TPSA) is 86.7 Å². The van der Waals surface area contributed by atoms with Gasteiger partial charge < -0.3 is 0 Å². The van der Waals surface area contributed by atoms with Gasteiger partial charge in [0.25, 0.3) is 0 Å². The first kappa shape index (κ1) is 20.9. The van der Waals surface area contributed by atoms with Crippen molar-refractivity contribution < 1.29 is 29.0 Å². The van der Waals surface area contributed by atoms with Crippen LogP contribution in [0.5, 0.6) is 0 Å². The molecule has 146 valence electrons. The van der Waals surface area contributed by atoms with Crippen molar-refractivity contribution in [2.45, 2.75) is 91.3 Å². The summed E-state index contributed by atoms with van der Waals surface area (Å²) >= 11 is 0. The molecule has 0 aliphatic heterocycles. The highest BCUT2D eigenvalue weighted by atomic mass is 17.2. The Morgan fingerprint density at radius 1 is 0.615 bits per heavy atom. The maximum absolute atomic E-state index is 12.3. The van der Waals surface area contributed by atoms with E-state index in [1.165, 1.54) is 27.7 Å². The second-order valence-electron chi connectivity index (χ2n) is 7.83. The molecule has 2 unspecified atom stereocenters. The molecule has 0 aromatic rings. The first-order valence-electron chi connectivity index (χ1n) is 9.56. The summed E-state index contributed by atoms with van der Waals surface area (Å²) in [5.41, 5.74) is -2.38. The van der Waals surface area contributed by atoms with Crippen LogP contribution in [0.4, 0.5) is 0 Å². The molecule has 2 rings (SSSR count). The number of rotatable bonds is 7. The Morgan fingerprint density at radius 2 is 0.923 bits per heavy atom. The number of ketones is 4. The van der Waals surface area contributed by atoms with E-state index in [0.29, 0.717) is 25.7 Å². The third-order valence-electron chi connectivity index (χ3n) is 6.47. The summed E-state index contributed by atoms with van der Waals surface area (Å²) < 4.78 is 0. The Labute approximate surface area is 154 Å². The maximum Gasteiger partial charge on any atom is 0.146 e. The van der Waals surface area contributed by atoms with Gasteiger partial charge in [-0.3, -0.25) is 19.2 Å². The molecule has 0 spiro atoms. The van der Waals surface area contributed by atoms with Crippen molar-refractivity contribution in [1.29, 1.82) is 0 Å². The summed E-state index contributed by atoms with van der Waals surface area (Å²) in [5, 5.41) is 0. The van der Waals surface area contributed by atoms with Crippen molar-refractivity contribution in [3.63, 3.8) is 0 Å². The van der Waals surface area contributed by atoms with Crippen LogP contribution in [0.25, 0.3) is 0 Å². The Kier molecular flexibility index (Phi) is 6.51. The fraction of sp³-hybridized carbons (Fsp3) is 0.800. The first-order valence-corrected chi connectivity index (χ1v) is 9.56. The minimum Gasteiger partial charge on any atom is -0.299 e. The van der Waals surface area contributed by atoms with Crippen molar-refractivity contribution in [1.82, 2.24) is 0 Å². The molecule has 0 N–H and O–H groups in total. The molecule has 0 bridgehead atoms. The molecule has 0 amide bonds. The third-order valence-corrected chi connectivity index (χ3v) is 6.47. The van der Waals surface area contributed by atoms with Crippen LogP contribution in [0.3, 0.4) is 0 Å². The predicted octanol–water partition coefficient (Wildman–Crippen LogP) is 3.15.